The molecule has 5 nitrogen and oxygen atoms in total. The Hall–Kier alpha value is -2.82. The number of nitrogens with one attached hydrogen (secondary N) is 2. The predicted molar refractivity (Wildman–Crippen MR) is 81.5 cm³/mol. The first-order chi connectivity index (χ1) is 10.2. The van der Waals surface area contributed by atoms with Crippen LogP contribution in [-0.4, -0.2) is 22.7 Å². The maximum Gasteiger partial charge on any atom is 0.274 e. The monoisotopic (exact) mass is 281 g/mol. The van der Waals surface area contributed by atoms with Gasteiger partial charge in [-0.1, -0.05) is 30.3 Å². The fraction of sp³-hybridized carbons (Fsp3) is 0.125. The van der Waals surface area contributed by atoms with Crippen molar-refractivity contribution in [1.29, 1.82) is 0 Å². The lowest BCUT2D eigenvalue weighted by atomic mass is 10.1. The first kappa shape index (κ1) is 13.2. The van der Waals surface area contributed by atoms with Gasteiger partial charge in [-0.15, -0.1) is 0 Å². The number of carbonyl (C=O) groups is 1. The van der Waals surface area contributed by atoms with Gasteiger partial charge in [-0.2, -0.15) is 0 Å². The molecule has 0 atom stereocenters. The summed E-state index contributed by atoms with van der Waals surface area (Å²) in [6, 6.07) is 14.8. The zero-order valence-corrected chi connectivity index (χ0v) is 11.6. The van der Waals surface area contributed by atoms with E-state index in [2.05, 4.69) is 10.4 Å². The lowest BCUT2D eigenvalue weighted by Crippen LogP contribution is -2.17. The molecule has 0 aliphatic rings. The molecule has 0 saturated heterocycles. The van der Waals surface area contributed by atoms with Crippen molar-refractivity contribution in [3.05, 3.63) is 70.0 Å². The molecule has 0 unspecified atom stereocenters. The Kier molecular flexibility index (Phi) is 3.31. The fourth-order valence-corrected chi connectivity index (χ4v) is 2.33. The van der Waals surface area contributed by atoms with E-state index in [0.29, 0.717) is 23.0 Å². The van der Waals surface area contributed by atoms with Crippen molar-refractivity contribution in [2.75, 3.05) is 7.05 Å². The standard InChI is InChI=1S/C16H15N3O2/c1-17-15(20)12-7-8-13-14(9-12)18-19(16(13)21)10-11-5-3-2-4-6-11/h2-9,18H,10H2,1H3,(H,17,20). The number of hydrogen-bond donors (Lipinski definition) is 2. The van der Waals surface area contributed by atoms with E-state index in [9.17, 15) is 9.59 Å². The number of benzene rings is 2. The second-order valence-electron chi connectivity index (χ2n) is 4.83. The maximum atomic E-state index is 12.3. The summed E-state index contributed by atoms with van der Waals surface area (Å²) in [4.78, 5) is 23.9. The number of nitrogens with zero attached hydrogens (tertiary/aromatic N) is 1. The van der Waals surface area contributed by atoms with E-state index < -0.39 is 0 Å². The molecule has 5 heteroatoms. The molecule has 0 fully saturated rings. The van der Waals surface area contributed by atoms with Gasteiger partial charge in [-0.3, -0.25) is 14.7 Å². The zero-order chi connectivity index (χ0) is 14.8. The van der Waals surface area contributed by atoms with Gasteiger partial charge in [0, 0.05) is 12.6 Å². The molecule has 1 heterocycles. The number of fused-ring (bicyclic) bond motifs is 1. The lowest BCUT2D eigenvalue weighted by molar-refractivity contribution is 0.0963. The topological polar surface area (TPSA) is 66.9 Å². The SMILES string of the molecule is CNC(=O)c1ccc2c(=O)n(Cc3ccccc3)[nH]c2c1. The van der Waals surface area contributed by atoms with Gasteiger partial charge in [0.25, 0.3) is 11.5 Å². The van der Waals surface area contributed by atoms with E-state index >= 15 is 0 Å². The van der Waals surface area contributed by atoms with Crippen LogP contribution in [0.2, 0.25) is 0 Å². The van der Waals surface area contributed by atoms with Crippen molar-refractivity contribution >= 4 is 16.8 Å². The summed E-state index contributed by atoms with van der Waals surface area (Å²) in [6.45, 7) is 0.476. The quantitative estimate of drug-likeness (QED) is 0.768. The second-order valence-corrected chi connectivity index (χ2v) is 4.83. The van der Waals surface area contributed by atoms with Gasteiger partial charge in [-0.25, -0.2) is 4.68 Å². The predicted octanol–water partition coefficient (Wildman–Crippen LogP) is 1.74. The molecule has 3 rings (SSSR count). The second kappa shape index (κ2) is 5.28. The van der Waals surface area contributed by atoms with Gasteiger partial charge >= 0.3 is 0 Å². The van der Waals surface area contributed by atoms with Gasteiger partial charge in [0.15, 0.2) is 0 Å². The lowest BCUT2D eigenvalue weighted by Gasteiger charge is -2.01. The molecular weight excluding hydrogens is 266 g/mol. The summed E-state index contributed by atoms with van der Waals surface area (Å²) in [7, 11) is 1.58. The Labute approximate surface area is 121 Å². The minimum Gasteiger partial charge on any atom is -0.355 e. The molecule has 3 aromatic rings. The van der Waals surface area contributed by atoms with Crippen LogP contribution in [0.15, 0.2) is 53.3 Å². The van der Waals surface area contributed by atoms with Crippen molar-refractivity contribution in [3.63, 3.8) is 0 Å². The highest BCUT2D eigenvalue weighted by molar-refractivity contribution is 5.97. The average molecular weight is 281 g/mol. The number of amides is 1. The normalized spacial score (nSPS) is 10.7. The molecule has 1 amide bonds. The minimum atomic E-state index is -0.173. The smallest absolute Gasteiger partial charge is 0.274 e. The summed E-state index contributed by atoms with van der Waals surface area (Å²) < 4.78 is 1.55. The van der Waals surface area contributed by atoms with Crippen molar-refractivity contribution in [2.24, 2.45) is 0 Å². The average Bonchev–Trinajstić information content (AvgIpc) is 2.83. The first-order valence-corrected chi connectivity index (χ1v) is 6.67. The van der Waals surface area contributed by atoms with Crippen LogP contribution in [0.3, 0.4) is 0 Å². The number of hydrogen-bond acceptors (Lipinski definition) is 2. The van der Waals surface area contributed by atoms with Crippen molar-refractivity contribution in [1.82, 2.24) is 15.1 Å². The zero-order valence-electron chi connectivity index (χ0n) is 11.6. The molecule has 0 aliphatic heterocycles. The van der Waals surface area contributed by atoms with E-state index in [1.807, 2.05) is 30.3 Å². The van der Waals surface area contributed by atoms with Gasteiger partial charge < -0.3 is 5.32 Å². The number of H-pyrrole nitrogens is 1. The maximum absolute atomic E-state index is 12.3. The number of carbonyl (C=O) groups excluding carboxylic acids is 1. The molecule has 0 radical (unpaired) electrons. The number of aromatic nitrogens is 2. The van der Waals surface area contributed by atoms with Crippen molar-refractivity contribution in [2.45, 2.75) is 6.54 Å². The summed E-state index contributed by atoms with van der Waals surface area (Å²) >= 11 is 0. The number of aromatic amines is 1. The molecule has 0 spiro atoms. The minimum absolute atomic E-state index is 0.0858. The fourth-order valence-electron chi connectivity index (χ4n) is 2.33. The van der Waals surface area contributed by atoms with Crippen molar-refractivity contribution in [3.8, 4) is 0 Å². The summed E-state index contributed by atoms with van der Waals surface area (Å²) in [5.74, 6) is -0.173. The van der Waals surface area contributed by atoms with E-state index in [0.717, 1.165) is 5.56 Å². The highest BCUT2D eigenvalue weighted by Gasteiger charge is 2.10. The van der Waals surface area contributed by atoms with E-state index in [-0.39, 0.29) is 11.5 Å². The van der Waals surface area contributed by atoms with Crippen LogP contribution in [0, 0.1) is 0 Å². The van der Waals surface area contributed by atoms with Gasteiger partial charge in [0.1, 0.15) is 0 Å². The Bertz CT molecular complexity index is 847. The highest BCUT2D eigenvalue weighted by Crippen LogP contribution is 2.11. The molecule has 0 bridgehead atoms. The Morgan fingerprint density at radius 1 is 1.19 bits per heavy atom. The molecule has 2 aromatic carbocycles. The van der Waals surface area contributed by atoms with E-state index in [1.54, 1.807) is 29.9 Å². The molecule has 21 heavy (non-hydrogen) atoms. The first-order valence-electron chi connectivity index (χ1n) is 6.67. The molecule has 0 aliphatic carbocycles. The Balaban J connectivity index is 2.03. The van der Waals surface area contributed by atoms with Gasteiger partial charge in [0.2, 0.25) is 0 Å². The highest BCUT2D eigenvalue weighted by atomic mass is 16.1. The number of rotatable bonds is 3. The van der Waals surface area contributed by atoms with Crippen LogP contribution in [0.1, 0.15) is 15.9 Å². The van der Waals surface area contributed by atoms with Crippen LogP contribution in [0.25, 0.3) is 10.9 Å². The third-order valence-corrected chi connectivity index (χ3v) is 3.42. The summed E-state index contributed by atoms with van der Waals surface area (Å²) in [5, 5.41) is 6.21. The molecular formula is C16H15N3O2. The van der Waals surface area contributed by atoms with E-state index in [1.165, 1.54) is 0 Å². The van der Waals surface area contributed by atoms with E-state index in [4.69, 9.17) is 0 Å². The largest absolute Gasteiger partial charge is 0.355 e. The van der Waals surface area contributed by atoms with Crippen molar-refractivity contribution < 1.29 is 4.79 Å². The van der Waals surface area contributed by atoms with Crippen LogP contribution in [-0.2, 0) is 6.54 Å². The van der Waals surface area contributed by atoms with Crippen LogP contribution in [0.4, 0.5) is 0 Å². The van der Waals surface area contributed by atoms with Crippen LogP contribution in [0.5, 0.6) is 0 Å². The molecule has 106 valence electrons. The molecule has 2 N–H and O–H groups in total. The summed E-state index contributed by atoms with van der Waals surface area (Å²) in [6.07, 6.45) is 0. The van der Waals surface area contributed by atoms with Gasteiger partial charge in [-0.05, 0) is 23.8 Å². The third-order valence-electron chi connectivity index (χ3n) is 3.42. The Morgan fingerprint density at radius 2 is 1.95 bits per heavy atom. The van der Waals surface area contributed by atoms with Gasteiger partial charge in [0.05, 0.1) is 17.4 Å². The van der Waals surface area contributed by atoms with Crippen LogP contribution >= 0.6 is 0 Å². The Morgan fingerprint density at radius 3 is 2.67 bits per heavy atom. The summed E-state index contributed by atoms with van der Waals surface area (Å²) in [5.41, 5.74) is 2.14. The third kappa shape index (κ3) is 2.45. The van der Waals surface area contributed by atoms with Crippen LogP contribution < -0.4 is 10.9 Å². The molecule has 1 aromatic heterocycles. The molecule has 0 saturated carbocycles.